The van der Waals surface area contributed by atoms with Gasteiger partial charge in [-0.3, -0.25) is 9.89 Å². The first kappa shape index (κ1) is 19.2. The number of alkyl halides is 3. The summed E-state index contributed by atoms with van der Waals surface area (Å²) in [5, 5.41) is 6.64. The van der Waals surface area contributed by atoms with Crippen LogP contribution in [0.1, 0.15) is 23.3 Å². The van der Waals surface area contributed by atoms with E-state index in [9.17, 15) is 18.0 Å². The number of carbonyl (C=O) groups excluding carboxylic acids is 1. The molecule has 1 aromatic carbocycles. The number of nitrogens with zero attached hydrogens (tertiary/aromatic N) is 2. The second-order valence-electron chi connectivity index (χ2n) is 6.29. The molecule has 27 heavy (non-hydrogen) atoms. The third-order valence-electron chi connectivity index (χ3n) is 4.42. The van der Waals surface area contributed by atoms with E-state index in [1.165, 1.54) is 13.2 Å². The minimum absolute atomic E-state index is 0.0172. The summed E-state index contributed by atoms with van der Waals surface area (Å²) in [5.41, 5.74) is 1.16. The summed E-state index contributed by atoms with van der Waals surface area (Å²) in [7, 11) is 1.53. The zero-order chi connectivity index (χ0) is 19.4. The number of rotatable bonds is 5. The van der Waals surface area contributed by atoms with Crippen molar-refractivity contribution < 1.29 is 27.4 Å². The van der Waals surface area contributed by atoms with Crippen LogP contribution in [0.5, 0.6) is 5.75 Å². The molecule has 2 aromatic rings. The standard InChI is InChI=1S/C18H20F3N3O3/c1-26-14-4-2-3-12(9-14)15-10-16(23-22-15)17(25)24(11-18(19,20)21)13-5-7-27-8-6-13/h2-4,9-10,13H,5-8,11H2,1H3,(H,22,23). The number of aromatic nitrogens is 2. The molecule has 1 aliphatic heterocycles. The van der Waals surface area contributed by atoms with Gasteiger partial charge in [-0.05, 0) is 31.0 Å². The molecule has 146 valence electrons. The molecule has 0 spiro atoms. The largest absolute Gasteiger partial charge is 0.497 e. The van der Waals surface area contributed by atoms with Crippen LogP contribution in [-0.2, 0) is 4.74 Å². The molecule has 3 rings (SSSR count). The molecule has 0 unspecified atom stereocenters. The normalized spacial score (nSPS) is 15.6. The van der Waals surface area contributed by atoms with Gasteiger partial charge < -0.3 is 14.4 Å². The number of hydrogen-bond acceptors (Lipinski definition) is 4. The molecule has 0 radical (unpaired) electrons. The molecule has 1 aromatic heterocycles. The van der Waals surface area contributed by atoms with Gasteiger partial charge in [-0.25, -0.2) is 0 Å². The number of nitrogens with one attached hydrogen (secondary N) is 1. The number of H-pyrrole nitrogens is 1. The van der Waals surface area contributed by atoms with E-state index in [0.717, 1.165) is 4.90 Å². The van der Waals surface area contributed by atoms with Gasteiger partial charge in [-0.1, -0.05) is 12.1 Å². The highest BCUT2D eigenvalue weighted by atomic mass is 19.4. The lowest BCUT2D eigenvalue weighted by Crippen LogP contribution is -2.48. The average Bonchev–Trinajstić information content (AvgIpc) is 3.16. The number of aromatic amines is 1. The smallest absolute Gasteiger partial charge is 0.406 e. The molecule has 0 aliphatic carbocycles. The van der Waals surface area contributed by atoms with E-state index < -0.39 is 24.7 Å². The average molecular weight is 383 g/mol. The molecule has 0 atom stereocenters. The van der Waals surface area contributed by atoms with Crippen molar-refractivity contribution in [2.75, 3.05) is 26.9 Å². The number of ether oxygens (including phenoxy) is 2. The van der Waals surface area contributed by atoms with Crippen molar-refractivity contribution in [3.63, 3.8) is 0 Å². The van der Waals surface area contributed by atoms with Crippen LogP contribution < -0.4 is 4.74 Å². The maximum Gasteiger partial charge on any atom is 0.406 e. The Morgan fingerprint density at radius 2 is 2.07 bits per heavy atom. The van der Waals surface area contributed by atoms with Gasteiger partial charge in [0.25, 0.3) is 5.91 Å². The summed E-state index contributed by atoms with van der Waals surface area (Å²) in [6.45, 7) is -0.626. The zero-order valence-electron chi connectivity index (χ0n) is 14.8. The summed E-state index contributed by atoms with van der Waals surface area (Å²) in [4.78, 5) is 13.6. The van der Waals surface area contributed by atoms with E-state index in [0.29, 0.717) is 43.1 Å². The summed E-state index contributed by atoms with van der Waals surface area (Å²) < 4.78 is 49.4. The van der Waals surface area contributed by atoms with E-state index in [1.807, 2.05) is 0 Å². The van der Waals surface area contributed by atoms with Gasteiger partial charge in [0.2, 0.25) is 0 Å². The summed E-state index contributed by atoms with van der Waals surface area (Å²) in [6.07, 6.45) is -3.74. The fourth-order valence-corrected chi connectivity index (χ4v) is 3.07. The van der Waals surface area contributed by atoms with Crippen LogP contribution in [-0.4, -0.2) is 60.1 Å². The molecule has 1 aliphatic rings. The number of carbonyl (C=O) groups is 1. The second-order valence-corrected chi connectivity index (χ2v) is 6.29. The van der Waals surface area contributed by atoms with Crippen molar-refractivity contribution in [3.8, 4) is 17.0 Å². The van der Waals surface area contributed by atoms with Crippen LogP contribution in [0.4, 0.5) is 13.2 Å². The topological polar surface area (TPSA) is 67.4 Å². The monoisotopic (exact) mass is 383 g/mol. The van der Waals surface area contributed by atoms with Crippen LogP contribution in [0, 0.1) is 0 Å². The van der Waals surface area contributed by atoms with E-state index >= 15 is 0 Å². The van der Waals surface area contributed by atoms with Gasteiger partial charge in [-0.15, -0.1) is 0 Å². The molecule has 1 amide bonds. The van der Waals surface area contributed by atoms with Gasteiger partial charge in [0, 0.05) is 24.8 Å². The number of benzene rings is 1. The van der Waals surface area contributed by atoms with Crippen LogP contribution in [0.25, 0.3) is 11.3 Å². The Kier molecular flexibility index (Phi) is 5.69. The predicted octanol–water partition coefficient (Wildman–Crippen LogP) is 3.27. The van der Waals surface area contributed by atoms with Crippen molar-refractivity contribution in [1.82, 2.24) is 15.1 Å². The van der Waals surface area contributed by atoms with Crippen molar-refractivity contribution in [2.45, 2.75) is 25.1 Å². The Morgan fingerprint density at radius 3 is 2.74 bits per heavy atom. The molecule has 2 heterocycles. The van der Waals surface area contributed by atoms with Gasteiger partial charge in [0.15, 0.2) is 0 Å². The van der Waals surface area contributed by atoms with E-state index in [4.69, 9.17) is 9.47 Å². The van der Waals surface area contributed by atoms with Crippen molar-refractivity contribution in [3.05, 3.63) is 36.0 Å². The van der Waals surface area contributed by atoms with Crippen LogP contribution in [0.2, 0.25) is 0 Å². The first-order valence-corrected chi connectivity index (χ1v) is 8.52. The van der Waals surface area contributed by atoms with Gasteiger partial charge >= 0.3 is 6.18 Å². The molecule has 9 heteroatoms. The summed E-state index contributed by atoms with van der Waals surface area (Å²) in [5.74, 6) is -0.106. The number of hydrogen-bond donors (Lipinski definition) is 1. The zero-order valence-corrected chi connectivity index (χ0v) is 14.8. The van der Waals surface area contributed by atoms with Gasteiger partial charge in [-0.2, -0.15) is 18.3 Å². The molecule has 6 nitrogen and oxygen atoms in total. The molecule has 0 bridgehead atoms. The Labute approximate surface area is 154 Å². The molecule has 0 saturated carbocycles. The number of methoxy groups -OCH3 is 1. The van der Waals surface area contributed by atoms with Crippen molar-refractivity contribution >= 4 is 5.91 Å². The van der Waals surface area contributed by atoms with Crippen molar-refractivity contribution in [2.24, 2.45) is 0 Å². The number of halogens is 3. The lowest BCUT2D eigenvalue weighted by molar-refractivity contribution is -0.147. The molecule has 1 fully saturated rings. The lowest BCUT2D eigenvalue weighted by Gasteiger charge is -2.34. The fraction of sp³-hybridized carbons (Fsp3) is 0.444. The maximum absolute atomic E-state index is 13.0. The Hall–Kier alpha value is -2.55. The minimum atomic E-state index is -4.48. The van der Waals surface area contributed by atoms with Crippen LogP contribution in [0.15, 0.2) is 30.3 Å². The Bertz CT molecular complexity index is 785. The predicted molar refractivity (Wildman–Crippen MR) is 91.5 cm³/mol. The lowest BCUT2D eigenvalue weighted by atomic mass is 10.1. The molecule has 1 saturated heterocycles. The first-order valence-electron chi connectivity index (χ1n) is 8.52. The molecular formula is C18H20F3N3O3. The molecule has 1 N–H and O–H groups in total. The van der Waals surface area contributed by atoms with Crippen molar-refractivity contribution in [1.29, 1.82) is 0 Å². The minimum Gasteiger partial charge on any atom is -0.497 e. The highest BCUT2D eigenvalue weighted by molar-refractivity contribution is 5.93. The Morgan fingerprint density at radius 1 is 1.33 bits per heavy atom. The van der Waals surface area contributed by atoms with E-state index in [1.54, 1.807) is 24.3 Å². The second kappa shape index (κ2) is 7.99. The third-order valence-corrected chi connectivity index (χ3v) is 4.42. The fourth-order valence-electron chi connectivity index (χ4n) is 3.07. The maximum atomic E-state index is 13.0. The highest BCUT2D eigenvalue weighted by Gasteiger charge is 2.38. The SMILES string of the molecule is COc1cccc(-c2cc(C(=O)N(CC(F)(F)F)C3CCOCC3)[nH]n2)c1. The van der Waals surface area contributed by atoms with E-state index in [-0.39, 0.29) is 5.69 Å². The first-order chi connectivity index (χ1) is 12.9. The van der Waals surface area contributed by atoms with Crippen LogP contribution in [0.3, 0.4) is 0 Å². The number of amides is 1. The van der Waals surface area contributed by atoms with E-state index in [2.05, 4.69) is 10.2 Å². The van der Waals surface area contributed by atoms with Gasteiger partial charge in [0.05, 0.1) is 12.8 Å². The van der Waals surface area contributed by atoms with Crippen LogP contribution >= 0.6 is 0 Å². The third kappa shape index (κ3) is 4.79. The van der Waals surface area contributed by atoms with Gasteiger partial charge in [0.1, 0.15) is 18.0 Å². The Balaban J connectivity index is 1.84. The quantitative estimate of drug-likeness (QED) is 0.861. The highest BCUT2D eigenvalue weighted by Crippen LogP contribution is 2.26. The summed E-state index contributed by atoms with van der Waals surface area (Å²) >= 11 is 0. The summed E-state index contributed by atoms with van der Waals surface area (Å²) in [6, 6.07) is 7.98. The molecular weight excluding hydrogens is 363 g/mol.